The summed E-state index contributed by atoms with van der Waals surface area (Å²) in [5, 5.41) is 2.62. The molecule has 0 fully saturated rings. The number of amides is 1. The standard InChI is InChI=1S/C15H22N2O4/c1-7-10-11(16-14(19)21-15(3,4)5)9-17(6)12(10)13(18)20-8-2/h7,9H,1,8H2,2-6H3,(H,16,19). The monoisotopic (exact) mass is 294 g/mol. The van der Waals surface area contributed by atoms with E-state index in [1.54, 1.807) is 45.5 Å². The molecule has 1 amide bonds. The molecular formula is C15H22N2O4. The Morgan fingerprint density at radius 3 is 2.52 bits per heavy atom. The molecule has 0 aliphatic heterocycles. The van der Waals surface area contributed by atoms with Gasteiger partial charge < -0.3 is 14.0 Å². The summed E-state index contributed by atoms with van der Waals surface area (Å²) in [6.45, 7) is 11.0. The molecule has 1 aromatic heterocycles. The molecule has 0 bridgehead atoms. The highest BCUT2D eigenvalue weighted by atomic mass is 16.6. The zero-order chi connectivity index (χ0) is 16.2. The van der Waals surface area contributed by atoms with Crippen molar-refractivity contribution >= 4 is 23.8 Å². The molecule has 21 heavy (non-hydrogen) atoms. The van der Waals surface area contributed by atoms with E-state index in [4.69, 9.17) is 9.47 Å². The van der Waals surface area contributed by atoms with Crippen molar-refractivity contribution in [3.63, 3.8) is 0 Å². The van der Waals surface area contributed by atoms with Gasteiger partial charge in [-0.15, -0.1) is 0 Å². The molecule has 0 atom stereocenters. The molecule has 1 N–H and O–H groups in total. The predicted molar refractivity (Wildman–Crippen MR) is 81.3 cm³/mol. The van der Waals surface area contributed by atoms with Crippen molar-refractivity contribution in [1.82, 2.24) is 4.57 Å². The molecule has 0 radical (unpaired) electrons. The molecule has 1 aromatic rings. The van der Waals surface area contributed by atoms with Crippen molar-refractivity contribution in [2.75, 3.05) is 11.9 Å². The molecule has 6 nitrogen and oxygen atoms in total. The first-order chi connectivity index (χ1) is 9.69. The lowest BCUT2D eigenvalue weighted by molar-refractivity contribution is 0.0514. The zero-order valence-electron chi connectivity index (χ0n) is 13.1. The number of carbonyl (C=O) groups is 2. The summed E-state index contributed by atoms with van der Waals surface area (Å²) in [5.74, 6) is -0.466. The molecule has 0 unspecified atom stereocenters. The van der Waals surface area contributed by atoms with Crippen molar-refractivity contribution in [2.24, 2.45) is 7.05 Å². The average Bonchev–Trinajstić information content (AvgIpc) is 2.62. The van der Waals surface area contributed by atoms with E-state index in [0.717, 1.165) is 0 Å². The number of anilines is 1. The maximum Gasteiger partial charge on any atom is 0.412 e. The van der Waals surface area contributed by atoms with E-state index in [0.29, 0.717) is 16.9 Å². The third-order valence-electron chi connectivity index (χ3n) is 2.53. The molecule has 1 heterocycles. The number of ether oxygens (including phenoxy) is 2. The van der Waals surface area contributed by atoms with E-state index in [2.05, 4.69) is 11.9 Å². The van der Waals surface area contributed by atoms with Crippen LogP contribution in [0.1, 0.15) is 43.7 Å². The first-order valence-electron chi connectivity index (χ1n) is 6.68. The number of carbonyl (C=O) groups excluding carboxylic acids is 2. The van der Waals surface area contributed by atoms with Gasteiger partial charge in [0.15, 0.2) is 0 Å². The third-order valence-corrected chi connectivity index (χ3v) is 2.53. The quantitative estimate of drug-likeness (QED) is 0.866. The third kappa shape index (κ3) is 4.37. The number of nitrogens with one attached hydrogen (secondary N) is 1. The van der Waals surface area contributed by atoms with Gasteiger partial charge in [-0.05, 0) is 27.7 Å². The molecule has 0 aromatic carbocycles. The molecule has 0 saturated carbocycles. The van der Waals surface area contributed by atoms with Gasteiger partial charge in [0.2, 0.25) is 0 Å². The van der Waals surface area contributed by atoms with Crippen molar-refractivity contribution in [2.45, 2.75) is 33.3 Å². The van der Waals surface area contributed by atoms with Crippen LogP contribution in [0.3, 0.4) is 0 Å². The summed E-state index contributed by atoms with van der Waals surface area (Å²) >= 11 is 0. The summed E-state index contributed by atoms with van der Waals surface area (Å²) in [4.78, 5) is 23.8. The highest BCUT2D eigenvalue weighted by Crippen LogP contribution is 2.25. The molecule has 0 aliphatic carbocycles. The van der Waals surface area contributed by atoms with Crippen LogP contribution in [0.2, 0.25) is 0 Å². The fraction of sp³-hybridized carbons (Fsp3) is 0.467. The molecule has 6 heteroatoms. The Morgan fingerprint density at radius 2 is 2.05 bits per heavy atom. The first kappa shape index (κ1) is 16.8. The Bertz CT molecular complexity index is 553. The van der Waals surface area contributed by atoms with Gasteiger partial charge >= 0.3 is 12.1 Å². The van der Waals surface area contributed by atoms with Crippen LogP contribution in [0.25, 0.3) is 6.08 Å². The van der Waals surface area contributed by atoms with Gasteiger partial charge in [0.1, 0.15) is 11.3 Å². The van der Waals surface area contributed by atoms with Crippen LogP contribution in [0, 0.1) is 0 Å². The Kier molecular flexibility index (Phi) is 5.18. The predicted octanol–water partition coefficient (Wildman–Crippen LogP) is 3.19. The number of aryl methyl sites for hydroxylation is 1. The summed E-state index contributed by atoms with van der Waals surface area (Å²) in [6.07, 6.45) is 2.53. The second-order valence-corrected chi connectivity index (χ2v) is 5.47. The molecular weight excluding hydrogens is 272 g/mol. The summed E-state index contributed by atoms with van der Waals surface area (Å²) in [6, 6.07) is 0. The van der Waals surface area contributed by atoms with E-state index in [1.165, 1.54) is 6.08 Å². The number of esters is 1. The van der Waals surface area contributed by atoms with Crippen LogP contribution in [-0.4, -0.2) is 28.8 Å². The number of hydrogen-bond donors (Lipinski definition) is 1. The van der Waals surface area contributed by atoms with Crippen LogP contribution in [-0.2, 0) is 16.5 Å². The Morgan fingerprint density at radius 1 is 1.43 bits per heavy atom. The molecule has 0 aliphatic rings. The van der Waals surface area contributed by atoms with Gasteiger partial charge in [-0.3, -0.25) is 5.32 Å². The Balaban J connectivity index is 3.04. The maximum absolute atomic E-state index is 11.9. The number of aromatic nitrogens is 1. The van der Waals surface area contributed by atoms with Gasteiger partial charge in [0.25, 0.3) is 0 Å². The van der Waals surface area contributed by atoms with E-state index in [9.17, 15) is 9.59 Å². The van der Waals surface area contributed by atoms with Crippen LogP contribution >= 0.6 is 0 Å². The largest absolute Gasteiger partial charge is 0.461 e. The lowest BCUT2D eigenvalue weighted by Crippen LogP contribution is -2.27. The van der Waals surface area contributed by atoms with Gasteiger partial charge in [-0.1, -0.05) is 12.7 Å². The van der Waals surface area contributed by atoms with E-state index in [-0.39, 0.29) is 6.61 Å². The van der Waals surface area contributed by atoms with Crippen LogP contribution < -0.4 is 5.32 Å². The summed E-state index contributed by atoms with van der Waals surface area (Å²) in [7, 11) is 1.69. The molecule has 116 valence electrons. The highest BCUT2D eigenvalue weighted by Gasteiger charge is 2.22. The maximum atomic E-state index is 11.9. The lowest BCUT2D eigenvalue weighted by Gasteiger charge is -2.19. The van der Waals surface area contributed by atoms with Crippen molar-refractivity contribution < 1.29 is 19.1 Å². The summed E-state index contributed by atoms with van der Waals surface area (Å²) < 4.78 is 11.8. The van der Waals surface area contributed by atoms with E-state index in [1.807, 2.05) is 0 Å². The Labute approximate surface area is 124 Å². The number of hydrogen-bond acceptors (Lipinski definition) is 4. The zero-order valence-corrected chi connectivity index (χ0v) is 13.1. The first-order valence-corrected chi connectivity index (χ1v) is 6.68. The van der Waals surface area contributed by atoms with Crippen molar-refractivity contribution in [3.05, 3.63) is 24.0 Å². The van der Waals surface area contributed by atoms with Crippen molar-refractivity contribution in [1.29, 1.82) is 0 Å². The van der Waals surface area contributed by atoms with Crippen LogP contribution in [0.15, 0.2) is 12.8 Å². The minimum absolute atomic E-state index is 0.273. The minimum Gasteiger partial charge on any atom is -0.461 e. The SMILES string of the molecule is C=Cc1c(NC(=O)OC(C)(C)C)cn(C)c1C(=O)OCC. The molecule has 0 saturated heterocycles. The van der Waals surface area contributed by atoms with Gasteiger partial charge in [0.05, 0.1) is 12.3 Å². The van der Waals surface area contributed by atoms with Crippen molar-refractivity contribution in [3.8, 4) is 0 Å². The fourth-order valence-electron chi connectivity index (χ4n) is 1.82. The summed E-state index contributed by atoms with van der Waals surface area (Å²) in [5.41, 5.74) is 0.682. The van der Waals surface area contributed by atoms with Crippen LogP contribution in [0.5, 0.6) is 0 Å². The van der Waals surface area contributed by atoms with Gasteiger partial charge in [0, 0.05) is 18.8 Å². The second kappa shape index (κ2) is 6.47. The van der Waals surface area contributed by atoms with E-state index < -0.39 is 17.7 Å². The molecule has 1 rings (SSSR count). The normalized spacial score (nSPS) is 10.9. The van der Waals surface area contributed by atoms with Crippen LogP contribution in [0.4, 0.5) is 10.5 Å². The minimum atomic E-state index is -0.600. The highest BCUT2D eigenvalue weighted by molar-refractivity contribution is 5.98. The molecule has 0 spiro atoms. The smallest absolute Gasteiger partial charge is 0.412 e. The average molecular weight is 294 g/mol. The topological polar surface area (TPSA) is 69.6 Å². The second-order valence-electron chi connectivity index (χ2n) is 5.47. The fourth-order valence-corrected chi connectivity index (χ4v) is 1.82. The Hall–Kier alpha value is -2.24. The lowest BCUT2D eigenvalue weighted by atomic mass is 10.2. The number of nitrogens with zero attached hydrogens (tertiary/aromatic N) is 1. The number of rotatable bonds is 4. The van der Waals surface area contributed by atoms with E-state index >= 15 is 0 Å². The van der Waals surface area contributed by atoms with Gasteiger partial charge in [-0.2, -0.15) is 0 Å². The van der Waals surface area contributed by atoms with Gasteiger partial charge in [-0.25, -0.2) is 9.59 Å².